The summed E-state index contributed by atoms with van der Waals surface area (Å²) in [5.41, 5.74) is 0.782. The summed E-state index contributed by atoms with van der Waals surface area (Å²) in [4.78, 5) is 8.96. The van der Waals surface area contributed by atoms with Crippen molar-refractivity contribution in [3.8, 4) is 0 Å². The largest absolute Gasteiger partial charge is 0.369 e. The molecule has 3 N–H and O–H groups in total. The Kier molecular flexibility index (Phi) is 3.48. The zero-order valence-corrected chi connectivity index (χ0v) is 11.2. The summed E-state index contributed by atoms with van der Waals surface area (Å²) in [7, 11) is 0. The van der Waals surface area contributed by atoms with Crippen LogP contribution in [0.4, 0.5) is 11.8 Å². The Bertz CT molecular complexity index is 545. The lowest BCUT2D eigenvalue weighted by atomic mass is 9.85. The van der Waals surface area contributed by atoms with Crippen LogP contribution >= 0.6 is 0 Å². The highest BCUT2D eigenvalue weighted by Crippen LogP contribution is 2.27. The number of aromatic nitrogens is 4. The fourth-order valence-electron chi connectivity index (χ4n) is 2.22. The van der Waals surface area contributed by atoms with Crippen molar-refractivity contribution in [3.63, 3.8) is 0 Å². The first kappa shape index (κ1) is 12.2. The molecule has 1 aliphatic rings. The van der Waals surface area contributed by atoms with Crippen LogP contribution in [0.2, 0.25) is 0 Å². The predicted molar refractivity (Wildman–Crippen MR) is 76.3 cm³/mol. The second-order valence-electron chi connectivity index (χ2n) is 5.13. The van der Waals surface area contributed by atoms with E-state index in [-0.39, 0.29) is 0 Å². The molecule has 0 saturated heterocycles. The fraction of sp³-hybridized carbons (Fsp3) is 0.615. The molecule has 102 valence electrons. The van der Waals surface area contributed by atoms with E-state index in [9.17, 15) is 0 Å². The minimum absolute atomic E-state index is 0.662. The summed E-state index contributed by atoms with van der Waals surface area (Å²) >= 11 is 0. The number of nitrogens with zero attached hydrogens (tertiary/aromatic N) is 3. The van der Waals surface area contributed by atoms with Crippen LogP contribution in [-0.4, -0.2) is 33.3 Å². The summed E-state index contributed by atoms with van der Waals surface area (Å²) in [6.45, 7) is 3.99. The van der Waals surface area contributed by atoms with Gasteiger partial charge in [-0.2, -0.15) is 15.1 Å². The number of fused-ring (bicyclic) bond motifs is 1. The molecule has 0 bridgehead atoms. The van der Waals surface area contributed by atoms with Crippen molar-refractivity contribution in [1.82, 2.24) is 20.2 Å². The molecule has 3 rings (SSSR count). The van der Waals surface area contributed by atoms with E-state index in [0.29, 0.717) is 5.95 Å². The Morgan fingerprint density at radius 3 is 2.95 bits per heavy atom. The van der Waals surface area contributed by atoms with Crippen LogP contribution in [0.3, 0.4) is 0 Å². The zero-order chi connectivity index (χ0) is 13.1. The Hall–Kier alpha value is -1.85. The Morgan fingerprint density at radius 1 is 1.32 bits per heavy atom. The topological polar surface area (TPSA) is 78.5 Å². The summed E-state index contributed by atoms with van der Waals surface area (Å²) in [5.74, 6) is 2.34. The molecule has 2 heterocycles. The number of H-pyrrole nitrogens is 1. The van der Waals surface area contributed by atoms with Crippen molar-refractivity contribution in [2.45, 2.75) is 32.6 Å². The van der Waals surface area contributed by atoms with Gasteiger partial charge in [-0.25, -0.2) is 0 Å². The second-order valence-corrected chi connectivity index (χ2v) is 5.13. The van der Waals surface area contributed by atoms with Crippen LogP contribution in [0.25, 0.3) is 11.0 Å². The highest BCUT2D eigenvalue weighted by Gasteiger charge is 2.18. The third-order valence-corrected chi connectivity index (χ3v) is 3.63. The molecule has 0 radical (unpaired) electrons. The van der Waals surface area contributed by atoms with Crippen molar-refractivity contribution in [1.29, 1.82) is 0 Å². The van der Waals surface area contributed by atoms with Gasteiger partial charge in [0.05, 0.1) is 11.6 Å². The number of hydrogen-bond donors (Lipinski definition) is 3. The van der Waals surface area contributed by atoms with E-state index >= 15 is 0 Å². The van der Waals surface area contributed by atoms with Crippen LogP contribution < -0.4 is 10.6 Å². The summed E-state index contributed by atoms with van der Waals surface area (Å²) in [5, 5.41) is 14.6. The average molecular weight is 260 g/mol. The first-order chi connectivity index (χ1) is 9.36. The quantitative estimate of drug-likeness (QED) is 0.743. The van der Waals surface area contributed by atoms with E-state index in [0.717, 1.165) is 42.3 Å². The van der Waals surface area contributed by atoms with Gasteiger partial charge in [-0.15, -0.1) is 0 Å². The normalized spacial score (nSPS) is 15.4. The molecular weight excluding hydrogens is 240 g/mol. The van der Waals surface area contributed by atoms with Gasteiger partial charge in [0, 0.05) is 13.1 Å². The molecule has 1 aliphatic carbocycles. The van der Waals surface area contributed by atoms with E-state index in [1.54, 1.807) is 6.20 Å². The Balaban J connectivity index is 1.79. The number of nitrogens with one attached hydrogen (secondary N) is 3. The van der Waals surface area contributed by atoms with Gasteiger partial charge in [0.2, 0.25) is 5.95 Å². The Labute approximate surface area is 112 Å². The van der Waals surface area contributed by atoms with E-state index in [4.69, 9.17) is 0 Å². The number of rotatable bonds is 6. The van der Waals surface area contributed by atoms with Gasteiger partial charge in [-0.05, 0) is 25.2 Å². The third-order valence-electron chi connectivity index (χ3n) is 3.63. The van der Waals surface area contributed by atoms with Gasteiger partial charge in [0.25, 0.3) is 0 Å². The predicted octanol–water partition coefficient (Wildman–Crippen LogP) is 2.39. The minimum atomic E-state index is 0.662. The summed E-state index contributed by atoms with van der Waals surface area (Å²) in [6.07, 6.45) is 6.85. The summed E-state index contributed by atoms with van der Waals surface area (Å²) in [6, 6.07) is 0. The second kappa shape index (κ2) is 5.42. The van der Waals surface area contributed by atoms with Crippen molar-refractivity contribution >= 4 is 22.8 Å². The monoisotopic (exact) mass is 260 g/mol. The molecule has 0 spiro atoms. The molecule has 0 amide bonds. The first-order valence-electron chi connectivity index (χ1n) is 7.05. The average Bonchev–Trinajstić information content (AvgIpc) is 2.82. The van der Waals surface area contributed by atoms with Crippen molar-refractivity contribution in [3.05, 3.63) is 6.20 Å². The van der Waals surface area contributed by atoms with Crippen LogP contribution in [0.1, 0.15) is 32.6 Å². The smallest absolute Gasteiger partial charge is 0.226 e. The van der Waals surface area contributed by atoms with Crippen molar-refractivity contribution in [2.24, 2.45) is 5.92 Å². The maximum Gasteiger partial charge on any atom is 0.226 e. The molecule has 0 unspecified atom stereocenters. The summed E-state index contributed by atoms with van der Waals surface area (Å²) < 4.78 is 0. The van der Waals surface area contributed by atoms with Gasteiger partial charge < -0.3 is 10.6 Å². The van der Waals surface area contributed by atoms with Gasteiger partial charge >= 0.3 is 0 Å². The van der Waals surface area contributed by atoms with Gasteiger partial charge in [-0.3, -0.25) is 5.10 Å². The highest BCUT2D eigenvalue weighted by atomic mass is 15.2. The molecule has 1 saturated carbocycles. The molecule has 0 aliphatic heterocycles. The fourth-order valence-corrected chi connectivity index (χ4v) is 2.22. The Morgan fingerprint density at radius 2 is 2.21 bits per heavy atom. The van der Waals surface area contributed by atoms with E-state index in [2.05, 4.69) is 37.7 Å². The molecule has 2 aromatic heterocycles. The standard InChI is InChI=1S/C13H20N6/c1-2-6-14-13-17-11(15-7-9-4-3-5-9)10-8-16-19-12(10)18-13/h8-9H,2-7H2,1H3,(H3,14,15,16,17,18,19). The number of anilines is 2. The first-order valence-corrected chi connectivity index (χ1v) is 7.05. The van der Waals surface area contributed by atoms with Crippen LogP contribution in [0.5, 0.6) is 0 Å². The lowest BCUT2D eigenvalue weighted by Crippen LogP contribution is -2.21. The maximum absolute atomic E-state index is 4.55. The number of hydrogen-bond acceptors (Lipinski definition) is 5. The zero-order valence-electron chi connectivity index (χ0n) is 11.2. The van der Waals surface area contributed by atoms with Crippen molar-refractivity contribution < 1.29 is 0 Å². The van der Waals surface area contributed by atoms with E-state index < -0.39 is 0 Å². The molecule has 6 nitrogen and oxygen atoms in total. The molecule has 1 fully saturated rings. The van der Waals surface area contributed by atoms with Crippen LogP contribution in [-0.2, 0) is 0 Å². The van der Waals surface area contributed by atoms with Gasteiger partial charge in [-0.1, -0.05) is 13.3 Å². The molecule has 19 heavy (non-hydrogen) atoms. The SMILES string of the molecule is CCCNc1nc(NCC2CCC2)c2cn[nH]c2n1. The van der Waals surface area contributed by atoms with E-state index in [1.807, 2.05) is 0 Å². The third kappa shape index (κ3) is 2.62. The lowest BCUT2D eigenvalue weighted by Gasteiger charge is -2.25. The van der Waals surface area contributed by atoms with E-state index in [1.165, 1.54) is 19.3 Å². The molecule has 0 aromatic carbocycles. The van der Waals surface area contributed by atoms with Crippen LogP contribution in [0, 0.1) is 5.92 Å². The van der Waals surface area contributed by atoms with Crippen molar-refractivity contribution in [2.75, 3.05) is 23.7 Å². The van der Waals surface area contributed by atoms with Gasteiger partial charge in [0.1, 0.15) is 5.82 Å². The highest BCUT2D eigenvalue weighted by molar-refractivity contribution is 5.86. The minimum Gasteiger partial charge on any atom is -0.369 e. The van der Waals surface area contributed by atoms with Crippen LogP contribution in [0.15, 0.2) is 6.20 Å². The molecule has 2 aromatic rings. The number of aromatic amines is 1. The maximum atomic E-state index is 4.55. The lowest BCUT2D eigenvalue weighted by molar-refractivity contribution is 0.333. The molecule has 6 heteroatoms. The molecule has 0 atom stereocenters. The van der Waals surface area contributed by atoms with Gasteiger partial charge in [0.15, 0.2) is 5.65 Å². The molecular formula is C13H20N6.